The van der Waals surface area contributed by atoms with E-state index in [4.69, 9.17) is 44.9 Å². The minimum Gasteiger partial charge on any atom is -0.510 e. The summed E-state index contributed by atoms with van der Waals surface area (Å²) in [5.41, 5.74) is 0. The lowest BCUT2D eigenvalue weighted by Crippen LogP contribution is -2.20. The summed E-state index contributed by atoms with van der Waals surface area (Å²) in [5.74, 6) is -0.0114. The molecule has 0 amide bonds. The second kappa shape index (κ2) is 4.40. The molecule has 1 aromatic rings. The third kappa shape index (κ3) is 2.93. The van der Waals surface area contributed by atoms with Gasteiger partial charge in [0.1, 0.15) is 5.75 Å². The molecule has 3 nitrogen and oxygen atoms in total. The first-order valence-corrected chi connectivity index (χ1v) is 4.31. The van der Waals surface area contributed by atoms with Crippen LogP contribution in [-0.2, 0) is 0 Å². The number of hydrogen-bond acceptors (Lipinski definition) is 3. The number of benzene rings is 1. The van der Waals surface area contributed by atoms with Crippen LogP contribution in [0.15, 0.2) is 12.1 Å². The predicted octanol–water partition coefficient (Wildman–Crippen LogP) is 2.00. The maximum absolute atomic E-state index is 8.51. The molecule has 0 fully saturated rings. The van der Waals surface area contributed by atoms with Crippen LogP contribution in [0.1, 0.15) is 0 Å². The molecular formula is C6H4BCl3O3. The van der Waals surface area contributed by atoms with Crippen molar-refractivity contribution in [3.05, 3.63) is 27.2 Å². The van der Waals surface area contributed by atoms with Gasteiger partial charge in [-0.1, -0.05) is 34.8 Å². The van der Waals surface area contributed by atoms with Gasteiger partial charge in [-0.3, -0.25) is 0 Å². The van der Waals surface area contributed by atoms with Gasteiger partial charge in [-0.25, -0.2) is 0 Å². The first-order chi connectivity index (χ1) is 6.00. The summed E-state index contributed by atoms with van der Waals surface area (Å²) in [6, 6.07) is 2.76. The van der Waals surface area contributed by atoms with E-state index in [1.807, 2.05) is 0 Å². The lowest BCUT2D eigenvalue weighted by molar-refractivity contribution is 0.288. The molecule has 2 N–H and O–H groups in total. The Labute approximate surface area is 90.0 Å². The van der Waals surface area contributed by atoms with Gasteiger partial charge in [0.25, 0.3) is 0 Å². The summed E-state index contributed by atoms with van der Waals surface area (Å²) in [6.45, 7) is 0. The lowest BCUT2D eigenvalue weighted by Gasteiger charge is -2.08. The van der Waals surface area contributed by atoms with Crippen LogP contribution >= 0.6 is 34.8 Å². The van der Waals surface area contributed by atoms with Crippen molar-refractivity contribution in [1.82, 2.24) is 0 Å². The van der Waals surface area contributed by atoms with Crippen molar-refractivity contribution in [2.75, 3.05) is 0 Å². The minimum atomic E-state index is -1.96. The van der Waals surface area contributed by atoms with Gasteiger partial charge in [0.05, 0.1) is 10.0 Å². The van der Waals surface area contributed by atoms with Gasteiger partial charge in [-0.2, -0.15) is 0 Å². The van der Waals surface area contributed by atoms with E-state index in [9.17, 15) is 0 Å². The van der Waals surface area contributed by atoms with Gasteiger partial charge in [-0.15, -0.1) is 0 Å². The molecule has 13 heavy (non-hydrogen) atoms. The molecule has 70 valence electrons. The third-order valence-corrected chi connectivity index (χ3v) is 1.97. The molecule has 0 radical (unpaired) electrons. The van der Waals surface area contributed by atoms with Crippen molar-refractivity contribution in [2.45, 2.75) is 0 Å². The lowest BCUT2D eigenvalue weighted by atomic mass is 10.2. The molecule has 1 aromatic carbocycles. The fraction of sp³-hybridized carbons (Fsp3) is 0. The fourth-order valence-corrected chi connectivity index (χ4v) is 1.65. The Morgan fingerprint density at radius 1 is 1.08 bits per heavy atom. The highest BCUT2D eigenvalue weighted by Crippen LogP contribution is 2.35. The summed E-state index contributed by atoms with van der Waals surface area (Å²) in [7, 11) is -1.96. The van der Waals surface area contributed by atoms with Crippen LogP contribution in [0.5, 0.6) is 5.75 Å². The van der Waals surface area contributed by atoms with E-state index in [1.165, 1.54) is 12.1 Å². The van der Waals surface area contributed by atoms with Crippen molar-refractivity contribution < 1.29 is 14.7 Å². The average Bonchev–Trinajstić information content (AvgIpc) is 1.96. The summed E-state index contributed by atoms with van der Waals surface area (Å²) in [6.07, 6.45) is 0. The van der Waals surface area contributed by atoms with Crippen LogP contribution in [-0.4, -0.2) is 17.4 Å². The SMILES string of the molecule is OB(O)Oc1c(Cl)cc(Cl)cc1Cl. The first kappa shape index (κ1) is 11.0. The quantitative estimate of drug-likeness (QED) is 0.778. The number of hydrogen-bond donors (Lipinski definition) is 2. The summed E-state index contributed by atoms with van der Waals surface area (Å²) in [4.78, 5) is 0. The monoisotopic (exact) mass is 240 g/mol. The molecule has 0 aromatic heterocycles. The van der Waals surface area contributed by atoms with Crippen LogP contribution in [0, 0.1) is 0 Å². The molecule has 0 spiro atoms. The second-order valence-corrected chi connectivity index (χ2v) is 3.39. The van der Waals surface area contributed by atoms with E-state index < -0.39 is 7.32 Å². The number of rotatable bonds is 2. The minimum absolute atomic E-state index is 0.0114. The Bertz CT molecular complexity index is 295. The van der Waals surface area contributed by atoms with Crippen LogP contribution in [0.2, 0.25) is 15.1 Å². The zero-order valence-corrected chi connectivity index (χ0v) is 8.44. The van der Waals surface area contributed by atoms with Gasteiger partial charge in [0.15, 0.2) is 0 Å². The third-order valence-electron chi connectivity index (χ3n) is 1.19. The summed E-state index contributed by atoms with van der Waals surface area (Å²) >= 11 is 16.9. The van der Waals surface area contributed by atoms with Crippen LogP contribution < -0.4 is 4.65 Å². The van der Waals surface area contributed by atoms with Gasteiger partial charge in [0, 0.05) is 5.02 Å². The first-order valence-electron chi connectivity index (χ1n) is 3.18. The molecule has 0 atom stereocenters. The standard InChI is InChI=1S/C6H4BCl3O3/c8-3-1-4(9)6(5(10)2-3)13-7(11)12/h1-2,11-12H. The number of halogens is 3. The Morgan fingerprint density at radius 2 is 1.54 bits per heavy atom. The molecule has 0 aliphatic heterocycles. The molecular weight excluding hydrogens is 237 g/mol. The Balaban J connectivity index is 3.06. The van der Waals surface area contributed by atoms with Crippen molar-refractivity contribution in [3.63, 3.8) is 0 Å². The van der Waals surface area contributed by atoms with Crippen molar-refractivity contribution in [3.8, 4) is 5.75 Å². The Kier molecular flexibility index (Phi) is 3.70. The van der Waals surface area contributed by atoms with Crippen LogP contribution in [0.25, 0.3) is 0 Å². The molecule has 0 saturated heterocycles. The summed E-state index contributed by atoms with van der Waals surface area (Å²) < 4.78 is 4.52. The van der Waals surface area contributed by atoms with Crippen molar-refractivity contribution in [1.29, 1.82) is 0 Å². The largest absolute Gasteiger partial charge is 0.707 e. The van der Waals surface area contributed by atoms with E-state index in [2.05, 4.69) is 4.65 Å². The zero-order chi connectivity index (χ0) is 10.0. The Hall–Kier alpha value is -0.125. The van der Waals surface area contributed by atoms with E-state index in [-0.39, 0.29) is 15.8 Å². The fourth-order valence-electron chi connectivity index (χ4n) is 0.747. The van der Waals surface area contributed by atoms with E-state index >= 15 is 0 Å². The highest BCUT2D eigenvalue weighted by molar-refractivity contribution is 6.41. The highest BCUT2D eigenvalue weighted by atomic mass is 35.5. The molecule has 0 aliphatic carbocycles. The van der Waals surface area contributed by atoms with Crippen LogP contribution in [0.3, 0.4) is 0 Å². The van der Waals surface area contributed by atoms with E-state index in [0.717, 1.165) is 0 Å². The normalized spacial score (nSPS) is 9.92. The molecule has 7 heteroatoms. The molecule has 0 heterocycles. The Morgan fingerprint density at radius 3 is 1.92 bits per heavy atom. The highest BCUT2D eigenvalue weighted by Gasteiger charge is 2.17. The van der Waals surface area contributed by atoms with Crippen molar-refractivity contribution >= 4 is 42.1 Å². The molecule has 0 aliphatic rings. The van der Waals surface area contributed by atoms with Crippen LogP contribution in [0.4, 0.5) is 0 Å². The summed E-state index contributed by atoms with van der Waals surface area (Å²) in [5, 5.41) is 17.6. The molecule has 0 saturated carbocycles. The van der Waals surface area contributed by atoms with Gasteiger partial charge in [0.2, 0.25) is 0 Å². The maximum atomic E-state index is 8.51. The van der Waals surface area contributed by atoms with Gasteiger partial charge in [-0.05, 0) is 12.1 Å². The molecule has 0 bridgehead atoms. The second-order valence-electron chi connectivity index (χ2n) is 2.14. The van der Waals surface area contributed by atoms with E-state index in [1.54, 1.807) is 0 Å². The maximum Gasteiger partial charge on any atom is 0.707 e. The molecule has 1 rings (SSSR count). The average molecular weight is 241 g/mol. The van der Waals surface area contributed by atoms with Crippen molar-refractivity contribution in [2.24, 2.45) is 0 Å². The van der Waals surface area contributed by atoms with Gasteiger partial charge < -0.3 is 14.7 Å². The smallest absolute Gasteiger partial charge is 0.510 e. The topological polar surface area (TPSA) is 49.7 Å². The predicted molar refractivity (Wildman–Crippen MR) is 52.3 cm³/mol. The van der Waals surface area contributed by atoms with E-state index in [0.29, 0.717) is 5.02 Å². The van der Waals surface area contributed by atoms with Gasteiger partial charge >= 0.3 is 7.32 Å². The zero-order valence-electron chi connectivity index (χ0n) is 6.17. The molecule has 0 unspecified atom stereocenters.